The van der Waals surface area contributed by atoms with Crippen LogP contribution in [0.15, 0.2) is 24.3 Å². The molecule has 0 aliphatic heterocycles. The van der Waals surface area contributed by atoms with Crippen LogP contribution >= 0.6 is 0 Å². The van der Waals surface area contributed by atoms with Gasteiger partial charge in [-0.2, -0.15) is 13.2 Å². The van der Waals surface area contributed by atoms with Gasteiger partial charge in [0.15, 0.2) is 0 Å². The Balaban J connectivity index is 2.81. The second-order valence-corrected chi connectivity index (χ2v) is 3.77. The van der Waals surface area contributed by atoms with Crippen molar-refractivity contribution < 1.29 is 18.0 Å². The molecule has 17 heavy (non-hydrogen) atoms. The van der Waals surface area contributed by atoms with Crippen LogP contribution in [0.2, 0.25) is 0 Å². The monoisotopic (exact) mass is 246 g/mol. The first-order valence-electron chi connectivity index (χ1n) is 5.01. The van der Waals surface area contributed by atoms with Crippen molar-refractivity contribution in [2.45, 2.75) is 19.1 Å². The van der Waals surface area contributed by atoms with Crippen molar-refractivity contribution in [3.8, 4) is 0 Å². The first-order chi connectivity index (χ1) is 7.80. The lowest BCUT2D eigenvalue weighted by Crippen LogP contribution is -2.35. The zero-order valence-corrected chi connectivity index (χ0v) is 9.21. The highest BCUT2D eigenvalue weighted by Gasteiger charge is 2.30. The number of benzene rings is 1. The van der Waals surface area contributed by atoms with Gasteiger partial charge in [-0.1, -0.05) is 6.07 Å². The standard InChI is InChI=1S/C11H13F3N2O/c1-7(15)6-16-10(17)8-3-2-4-9(5-8)11(12,13)14/h2-5,7H,6,15H2,1H3,(H,16,17). The minimum atomic E-state index is -4.45. The summed E-state index contributed by atoms with van der Waals surface area (Å²) in [6.07, 6.45) is -4.45. The molecule has 1 amide bonds. The predicted molar refractivity (Wildman–Crippen MR) is 57.4 cm³/mol. The van der Waals surface area contributed by atoms with Gasteiger partial charge >= 0.3 is 6.18 Å². The lowest BCUT2D eigenvalue weighted by molar-refractivity contribution is -0.137. The van der Waals surface area contributed by atoms with E-state index >= 15 is 0 Å². The molecule has 0 aromatic heterocycles. The Labute approximate surface area is 96.8 Å². The van der Waals surface area contributed by atoms with E-state index in [1.807, 2.05) is 0 Å². The molecule has 0 aliphatic carbocycles. The van der Waals surface area contributed by atoms with Crippen LogP contribution in [0, 0.1) is 0 Å². The van der Waals surface area contributed by atoms with Gasteiger partial charge in [0.2, 0.25) is 0 Å². The number of amides is 1. The van der Waals surface area contributed by atoms with Crippen LogP contribution in [-0.2, 0) is 6.18 Å². The van der Waals surface area contributed by atoms with Crippen LogP contribution in [0.5, 0.6) is 0 Å². The number of rotatable bonds is 3. The topological polar surface area (TPSA) is 55.1 Å². The summed E-state index contributed by atoms with van der Waals surface area (Å²) in [6, 6.07) is 4.01. The summed E-state index contributed by atoms with van der Waals surface area (Å²) < 4.78 is 37.2. The van der Waals surface area contributed by atoms with Gasteiger partial charge in [-0.25, -0.2) is 0 Å². The molecule has 1 unspecified atom stereocenters. The molecule has 0 heterocycles. The van der Waals surface area contributed by atoms with Gasteiger partial charge in [0.25, 0.3) is 5.91 Å². The van der Waals surface area contributed by atoms with Gasteiger partial charge in [-0.05, 0) is 25.1 Å². The SMILES string of the molecule is CC(N)CNC(=O)c1cccc(C(F)(F)F)c1. The number of hydrogen-bond donors (Lipinski definition) is 2. The van der Waals surface area contributed by atoms with Crippen molar-refractivity contribution >= 4 is 5.91 Å². The molecular weight excluding hydrogens is 233 g/mol. The molecule has 0 aliphatic rings. The largest absolute Gasteiger partial charge is 0.416 e. The average molecular weight is 246 g/mol. The van der Waals surface area contributed by atoms with Crippen molar-refractivity contribution in [1.29, 1.82) is 0 Å². The van der Waals surface area contributed by atoms with E-state index in [1.54, 1.807) is 6.92 Å². The first-order valence-corrected chi connectivity index (χ1v) is 5.01. The molecule has 0 saturated heterocycles. The molecule has 1 aromatic rings. The number of carbonyl (C=O) groups is 1. The lowest BCUT2D eigenvalue weighted by atomic mass is 10.1. The highest BCUT2D eigenvalue weighted by molar-refractivity contribution is 5.94. The highest BCUT2D eigenvalue weighted by atomic mass is 19.4. The smallest absolute Gasteiger partial charge is 0.350 e. The second kappa shape index (κ2) is 5.18. The van der Waals surface area contributed by atoms with Crippen LogP contribution in [0.3, 0.4) is 0 Å². The molecule has 0 bridgehead atoms. The predicted octanol–water partition coefficient (Wildman–Crippen LogP) is 1.78. The van der Waals surface area contributed by atoms with Crippen LogP contribution in [0.1, 0.15) is 22.8 Å². The molecular formula is C11H13F3N2O. The van der Waals surface area contributed by atoms with Gasteiger partial charge in [0.05, 0.1) is 5.56 Å². The molecule has 0 spiro atoms. The number of nitrogens with one attached hydrogen (secondary N) is 1. The Morgan fingerprint density at radius 1 is 1.47 bits per heavy atom. The van der Waals surface area contributed by atoms with Gasteiger partial charge in [-0.3, -0.25) is 4.79 Å². The molecule has 3 nitrogen and oxygen atoms in total. The summed E-state index contributed by atoms with van der Waals surface area (Å²) in [5.41, 5.74) is 4.55. The maximum Gasteiger partial charge on any atom is 0.416 e. The van der Waals surface area contributed by atoms with Gasteiger partial charge in [-0.15, -0.1) is 0 Å². The Morgan fingerprint density at radius 2 is 2.12 bits per heavy atom. The molecule has 1 rings (SSSR count). The Hall–Kier alpha value is -1.56. The summed E-state index contributed by atoms with van der Waals surface area (Å²) in [6.45, 7) is 1.90. The van der Waals surface area contributed by atoms with E-state index < -0.39 is 17.6 Å². The van der Waals surface area contributed by atoms with Gasteiger partial charge in [0, 0.05) is 18.2 Å². The Morgan fingerprint density at radius 3 is 2.65 bits per heavy atom. The molecule has 1 aromatic carbocycles. The zero-order chi connectivity index (χ0) is 13.1. The van der Waals surface area contributed by atoms with Crippen LogP contribution < -0.4 is 11.1 Å². The minimum absolute atomic E-state index is 0.0273. The fourth-order valence-electron chi connectivity index (χ4n) is 1.19. The second-order valence-electron chi connectivity index (χ2n) is 3.77. The van der Waals surface area contributed by atoms with E-state index in [-0.39, 0.29) is 18.2 Å². The van der Waals surface area contributed by atoms with Crippen LogP contribution in [0.25, 0.3) is 0 Å². The maximum absolute atomic E-state index is 12.4. The van der Waals surface area contributed by atoms with Crippen LogP contribution in [-0.4, -0.2) is 18.5 Å². The van der Waals surface area contributed by atoms with Crippen molar-refractivity contribution in [2.75, 3.05) is 6.54 Å². The summed E-state index contributed by atoms with van der Waals surface area (Å²) in [5.74, 6) is -0.562. The third-order valence-corrected chi connectivity index (χ3v) is 2.04. The van der Waals surface area contributed by atoms with Crippen molar-refractivity contribution in [1.82, 2.24) is 5.32 Å². The zero-order valence-electron chi connectivity index (χ0n) is 9.21. The molecule has 1 atom stereocenters. The number of hydrogen-bond acceptors (Lipinski definition) is 2. The van der Waals surface area contributed by atoms with Gasteiger partial charge in [0.1, 0.15) is 0 Å². The summed E-state index contributed by atoms with van der Waals surface area (Å²) >= 11 is 0. The fourth-order valence-corrected chi connectivity index (χ4v) is 1.19. The Kier molecular flexibility index (Phi) is 4.11. The summed E-state index contributed by atoms with van der Waals surface area (Å²) in [7, 11) is 0. The molecule has 3 N–H and O–H groups in total. The molecule has 0 radical (unpaired) electrons. The minimum Gasteiger partial charge on any atom is -0.350 e. The normalized spacial score (nSPS) is 13.2. The first kappa shape index (κ1) is 13.5. The third-order valence-electron chi connectivity index (χ3n) is 2.04. The van der Waals surface area contributed by atoms with E-state index in [0.29, 0.717) is 0 Å². The van der Waals surface area contributed by atoms with E-state index in [4.69, 9.17) is 5.73 Å². The highest BCUT2D eigenvalue weighted by Crippen LogP contribution is 2.29. The molecule has 6 heteroatoms. The summed E-state index contributed by atoms with van der Waals surface area (Å²) in [4.78, 5) is 11.5. The number of carbonyl (C=O) groups excluding carboxylic acids is 1. The van der Waals surface area contributed by atoms with Gasteiger partial charge < -0.3 is 11.1 Å². The fraction of sp³-hybridized carbons (Fsp3) is 0.364. The Bertz CT molecular complexity index is 402. The third kappa shape index (κ3) is 4.07. The lowest BCUT2D eigenvalue weighted by Gasteiger charge is -2.10. The quantitative estimate of drug-likeness (QED) is 0.854. The number of alkyl halides is 3. The number of nitrogens with two attached hydrogens (primary N) is 1. The van der Waals surface area contributed by atoms with E-state index in [0.717, 1.165) is 12.1 Å². The maximum atomic E-state index is 12.4. The molecule has 0 saturated carbocycles. The molecule has 0 fully saturated rings. The number of halogens is 3. The summed E-state index contributed by atoms with van der Waals surface area (Å²) in [5, 5.41) is 2.45. The van der Waals surface area contributed by atoms with Crippen molar-refractivity contribution in [3.63, 3.8) is 0 Å². The van der Waals surface area contributed by atoms with E-state index in [1.165, 1.54) is 12.1 Å². The van der Waals surface area contributed by atoms with E-state index in [9.17, 15) is 18.0 Å². The van der Waals surface area contributed by atoms with E-state index in [2.05, 4.69) is 5.32 Å². The van der Waals surface area contributed by atoms with Crippen LogP contribution in [0.4, 0.5) is 13.2 Å². The van der Waals surface area contributed by atoms with Crippen molar-refractivity contribution in [2.24, 2.45) is 5.73 Å². The van der Waals surface area contributed by atoms with Crippen molar-refractivity contribution in [3.05, 3.63) is 35.4 Å². The molecule has 94 valence electrons. The average Bonchev–Trinajstić information content (AvgIpc) is 2.25.